The van der Waals surface area contributed by atoms with Crippen LogP contribution in [0.25, 0.3) is 0 Å². The summed E-state index contributed by atoms with van der Waals surface area (Å²) in [7, 11) is 1.36. The fourth-order valence-electron chi connectivity index (χ4n) is 0.661. The Labute approximate surface area is 73.7 Å². The van der Waals surface area contributed by atoms with Crippen molar-refractivity contribution < 1.29 is 9.13 Å². The average molecular weight is 195 g/mol. The molecule has 4 heteroatoms. The Morgan fingerprint density at radius 1 is 1.27 bits per heavy atom. The van der Waals surface area contributed by atoms with Crippen LogP contribution in [0, 0.1) is 5.82 Å². The van der Waals surface area contributed by atoms with Crippen LogP contribution in [0.4, 0.5) is 4.39 Å². The molecule has 1 aromatic rings. The Hall–Kier alpha value is -0.470. The van der Waals surface area contributed by atoms with Crippen molar-refractivity contribution in [2.45, 2.75) is 0 Å². The van der Waals surface area contributed by atoms with Crippen LogP contribution in [0.2, 0.25) is 10.0 Å². The van der Waals surface area contributed by atoms with Crippen LogP contribution in [0.5, 0.6) is 5.75 Å². The monoisotopic (exact) mass is 194 g/mol. The molecule has 1 rings (SSSR count). The minimum Gasteiger partial charge on any atom is -0.494 e. The molecule has 0 atom stereocenters. The van der Waals surface area contributed by atoms with Gasteiger partial charge in [-0.1, -0.05) is 23.2 Å². The normalized spacial score (nSPS) is 9.82. The summed E-state index contributed by atoms with van der Waals surface area (Å²) in [4.78, 5) is 0. The van der Waals surface area contributed by atoms with Gasteiger partial charge in [0.15, 0.2) is 11.6 Å². The predicted molar refractivity (Wildman–Crippen MR) is 43.0 cm³/mol. The Morgan fingerprint density at radius 3 is 2.36 bits per heavy atom. The number of ether oxygens (including phenoxy) is 1. The molecule has 1 aromatic carbocycles. The van der Waals surface area contributed by atoms with Crippen LogP contribution >= 0.6 is 23.2 Å². The van der Waals surface area contributed by atoms with Crippen molar-refractivity contribution in [2.75, 3.05) is 7.11 Å². The van der Waals surface area contributed by atoms with E-state index >= 15 is 0 Å². The van der Waals surface area contributed by atoms with Crippen molar-refractivity contribution in [1.29, 1.82) is 0 Å². The maximum Gasteiger partial charge on any atom is 0.166 e. The molecule has 0 radical (unpaired) electrons. The molecule has 0 fully saturated rings. The molecule has 60 valence electrons. The van der Waals surface area contributed by atoms with Crippen LogP contribution in [0.15, 0.2) is 12.1 Å². The van der Waals surface area contributed by atoms with Gasteiger partial charge < -0.3 is 4.74 Å². The maximum atomic E-state index is 12.8. The SMILES string of the molecule is COc1cc(Cl)c(Cl)cc1F. The van der Waals surface area contributed by atoms with Crippen LogP contribution in [-0.4, -0.2) is 7.11 Å². The molecule has 1 nitrogen and oxygen atoms in total. The average Bonchev–Trinajstić information content (AvgIpc) is 1.97. The molecule has 0 heterocycles. The Bertz CT molecular complexity index is 275. The highest BCUT2D eigenvalue weighted by molar-refractivity contribution is 6.42. The number of rotatable bonds is 1. The van der Waals surface area contributed by atoms with Crippen LogP contribution in [-0.2, 0) is 0 Å². The van der Waals surface area contributed by atoms with Gasteiger partial charge in [-0.05, 0) is 6.07 Å². The second kappa shape index (κ2) is 3.28. The van der Waals surface area contributed by atoms with Gasteiger partial charge in [-0.25, -0.2) is 4.39 Å². The summed E-state index contributed by atoms with van der Waals surface area (Å²) in [6.45, 7) is 0. The summed E-state index contributed by atoms with van der Waals surface area (Å²) >= 11 is 11.1. The van der Waals surface area contributed by atoms with E-state index in [1.54, 1.807) is 0 Å². The van der Waals surface area contributed by atoms with Crippen molar-refractivity contribution in [3.05, 3.63) is 28.0 Å². The topological polar surface area (TPSA) is 9.23 Å². The second-order valence-electron chi connectivity index (χ2n) is 1.90. The molecule has 0 spiro atoms. The largest absolute Gasteiger partial charge is 0.494 e. The minimum atomic E-state index is -0.512. The lowest BCUT2D eigenvalue weighted by Crippen LogP contribution is -1.87. The van der Waals surface area contributed by atoms with Crippen molar-refractivity contribution in [1.82, 2.24) is 0 Å². The summed E-state index contributed by atoms with van der Waals surface area (Å²) in [6.07, 6.45) is 0. The third kappa shape index (κ3) is 1.76. The lowest BCUT2D eigenvalue weighted by molar-refractivity contribution is 0.386. The van der Waals surface area contributed by atoms with E-state index in [4.69, 9.17) is 23.2 Å². The summed E-state index contributed by atoms with van der Waals surface area (Å²) < 4.78 is 17.4. The Morgan fingerprint density at radius 2 is 1.82 bits per heavy atom. The molecule has 0 unspecified atom stereocenters. The molecule has 0 aliphatic rings. The van der Waals surface area contributed by atoms with E-state index in [2.05, 4.69) is 4.74 Å². The first-order valence-electron chi connectivity index (χ1n) is 2.83. The van der Waals surface area contributed by atoms with Gasteiger partial charge in [-0.2, -0.15) is 0 Å². The third-order valence-corrected chi connectivity index (χ3v) is 1.92. The van der Waals surface area contributed by atoms with Gasteiger partial charge >= 0.3 is 0 Å². The highest BCUT2D eigenvalue weighted by Gasteiger charge is 2.06. The van der Waals surface area contributed by atoms with Gasteiger partial charge in [0.2, 0.25) is 0 Å². The fourth-order valence-corrected chi connectivity index (χ4v) is 0.965. The standard InChI is InChI=1S/C7H5Cl2FO/c1-11-7-3-5(9)4(8)2-6(7)10/h2-3H,1H3. The van der Waals surface area contributed by atoms with Crippen molar-refractivity contribution in [3.63, 3.8) is 0 Å². The summed E-state index contributed by atoms with van der Waals surface area (Å²) in [5, 5.41) is 0.467. The zero-order chi connectivity index (χ0) is 8.43. The maximum absolute atomic E-state index is 12.8. The Kier molecular flexibility index (Phi) is 2.58. The number of halogens is 3. The lowest BCUT2D eigenvalue weighted by Gasteiger charge is -2.02. The molecule has 0 aliphatic heterocycles. The van der Waals surface area contributed by atoms with E-state index in [0.717, 1.165) is 6.07 Å². The first kappa shape index (κ1) is 8.62. The van der Waals surface area contributed by atoms with Crippen LogP contribution < -0.4 is 4.74 Å². The quantitative estimate of drug-likeness (QED) is 0.625. The number of methoxy groups -OCH3 is 1. The van der Waals surface area contributed by atoms with E-state index in [9.17, 15) is 4.39 Å². The van der Waals surface area contributed by atoms with E-state index in [1.165, 1.54) is 13.2 Å². The second-order valence-corrected chi connectivity index (χ2v) is 2.72. The molecule has 11 heavy (non-hydrogen) atoms. The fraction of sp³-hybridized carbons (Fsp3) is 0.143. The summed E-state index contributed by atoms with van der Waals surface area (Å²) in [5.74, 6) is -0.415. The highest BCUT2D eigenvalue weighted by atomic mass is 35.5. The number of benzene rings is 1. The summed E-state index contributed by atoms with van der Waals surface area (Å²) in [6, 6.07) is 2.45. The van der Waals surface area contributed by atoms with Gasteiger partial charge in [0.25, 0.3) is 0 Å². The lowest BCUT2D eigenvalue weighted by atomic mass is 10.3. The van der Waals surface area contributed by atoms with Crippen molar-refractivity contribution in [2.24, 2.45) is 0 Å². The van der Waals surface area contributed by atoms with Gasteiger partial charge in [0.1, 0.15) is 0 Å². The molecular weight excluding hydrogens is 190 g/mol. The number of hydrogen-bond acceptors (Lipinski definition) is 1. The molecule has 0 aromatic heterocycles. The van der Waals surface area contributed by atoms with Gasteiger partial charge in [-0.15, -0.1) is 0 Å². The van der Waals surface area contributed by atoms with Crippen LogP contribution in [0.3, 0.4) is 0 Å². The predicted octanol–water partition coefficient (Wildman–Crippen LogP) is 3.14. The molecule has 0 bridgehead atoms. The minimum absolute atomic E-state index is 0.0967. The molecule has 0 saturated carbocycles. The zero-order valence-electron chi connectivity index (χ0n) is 5.70. The molecule has 0 saturated heterocycles. The van der Waals surface area contributed by atoms with E-state index in [1.807, 2.05) is 0 Å². The van der Waals surface area contributed by atoms with Gasteiger partial charge in [0.05, 0.1) is 17.2 Å². The molecule has 0 amide bonds. The van der Waals surface area contributed by atoms with Crippen molar-refractivity contribution in [3.8, 4) is 5.75 Å². The first-order valence-corrected chi connectivity index (χ1v) is 3.59. The van der Waals surface area contributed by atoms with Gasteiger partial charge in [0, 0.05) is 6.07 Å². The van der Waals surface area contributed by atoms with E-state index < -0.39 is 5.82 Å². The van der Waals surface area contributed by atoms with Crippen LogP contribution in [0.1, 0.15) is 0 Å². The van der Waals surface area contributed by atoms with Gasteiger partial charge in [-0.3, -0.25) is 0 Å². The zero-order valence-corrected chi connectivity index (χ0v) is 7.21. The van der Waals surface area contributed by atoms with Crippen molar-refractivity contribution >= 4 is 23.2 Å². The van der Waals surface area contributed by atoms with E-state index in [0.29, 0.717) is 0 Å². The third-order valence-electron chi connectivity index (χ3n) is 1.19. The summed E-state index contributed by atoms with van der Waals surface area (Å²) in [5.41, 5.74) is 0. The molecule has 0 aliphatic carbocycles. The Balaban J connectivity index is 3.21. The first-order chi connectivity index (χ1) is 5.15. The number of hydrogen-bond donors (Lipinski definition) is 0. The molecule has 0 N–H and O–H groups in total. The molecular formula is C7H5Cl2FO. The highest BCUT2D eigenvalue weighted by Crippen LogP contribution is 2.28. The van der Waals surface area contributed by atoms with E-state index in [-0.39, 0.29) is 15.8 Å². The smallest absolute Gasteiger partial charge is 0.166 e.